The maximum absolute atomic E-state index is 12.0. The molecule has 110 valence electrons. The number of amides is 3. The van der Waals surface area contributed by atoms with E-state index in [1.165, 1.54) is 4.90 Å². The van der Waals surface area contributed by atoms with Gasteiger partial charge in [-0.25, -0.2) is 4.79 Å². The summed E-state index contributed by atoms with van der Waals surface area (Å²) < 4.78 is 5.02. The van der Waals surface area contributed by atoms with E-state index in [-0.39, 0.29) is 11.9 Å². The summed E-state index contributed by atoms with van der Waals surface area (Å²) in [5.41, 5.74) is 0.336. The van der Waals surface area contributed by atoms with Gasteiger partial charge in [0.1, 0.15) is 5.54 Å². The van der Waals surface area contributed by atoms with Crippen molar-refractivity contribution in [2.24, 2.45) is 0 Å². The minimum atomic E-state index is -0.778. The molecule has 0 bridgehead atoms. The van der Waals surface area contributed by atoms with Gasteiger partial charge in [0.05, 0.1) is 12.5 Å². The van der Waals surface area contributed by atoms with E-state index in [1.807, 2.05) is 13.1 Å². The van der Waals surface area contributed by atoms with Gasteiger partial charge >= 0.3 is 6.03 Å². The summed E-state index contributed by atoms with van der Waals surface area (Å²) in [6.07, 6.45) is 4.12. The van der Waals surface area contributed by atoms with E-state index in [0.29, 0.717) is 6.54 Å². The number of hydrogen-bond acceptors (Lipinski definition) is 4. The van der Waals surface area contributed by atoms with Crippen molar-refractivity contribution >= 4 is 11.9 Å². The Hall–Kier alpha value is -1.82. The number of urea groups is 1. The van der Waals surface area contributed by atoms with Crippen LogP contribution >= 0.6 is 0 Å². The summed E-state index contributed by atoms with van der Waals surface area (Å²) in [4.78, 5) is 27.1. The predicted octanol–water partition coefficient (Wildman–Crippen LogP) is 1.43. The van der Waals surface area contributed by atoms with Crippen molar-refractivity contribution in [1.82, 2.24) is 15.1 Å². The van der Waals surface area contributed by atoms with Crippen LogP contribution < -0.4 is 5.32 Å². The topological polar surface area (TPSA) is 65.8 Å². The lowest BCUT2D eigenvalue weighted by atomic mass is 10.1. The standard InChI is InChI=1S/C14H21N3O3/c1-14(2)12(18)17(13(19)15-14)7-4-6-16(3)9-11-5-8-20-10-11/h5,8,10H,4,6-7,9H2,1-3H3,(H,15,19). The summed E-state index contributed by atoms with van der Waals surface area (Å²) in [6, 6.07) is 1.63. The molecule has 1 N–H and O–H groups in total. The third-order valence-corrected chi connectivity index (χ3v) is 3.40. The second kappa shape index (κ2) is 5.66. The van der Waals surface area contributed by atoms with Gasteiger partial charge in [-0.2, -0.15) is 0 Å². The van der Waals surface area contributed by atoms with Gasteiger partial charge in [0.15, 0.2) is 0 Å². The zero-order valence-corrected chi connectivity index (χ0v) is 12.2. The molecule has 1 saturated heterocycles. The fourth-order valence-electron chi connectivity index (χ4n) is 2.29. The number of nitrogens with zero attached hydrogens (tertiary/aromatic N) is 2. The number of carbonyl (C=O) groups excluding carboxylic acids is 2. The number of hydrogen-bond donors (Lipinski definition) is 1. The molecule has 0 spiro atoms. The molecule has 0 aromatic carbocycles. The molecule has 6 nitrogen and oxygen atoms in total. The van der Waals surface area contributed by atoms with E-state index < -0.39 is 5.54 Å². The van der Waals surface area contributed by atoms with Gasteiger partial charge in [-0.3, -0.25) is 9.69 Å². The van der Waals surface area contributed by atoms with Crippen molar-refractivity contribution in [2.75, 3.05) is 20.1 Å². The van der Waals surface area contributed by atoms with Crippen molar-refractivity contribution in [2.45, 2.75) is 32.4 Å². The van der Waals surface area contributed by atoms with Crippen molar-refractivity contribution in [3.63, 3.8) is 0 Å². The van der Waals surface area contributed by atoms with E-state index in [1.54, 1.807) is 26.4 Å². The van der Waals surface area contributed by atoms with Crippen LogP contribution in [0, 0.1) is 0 Å². The minimum Gasteiger partial charge on any atom is -0.472 e. The molecule has 1 aliphatic heterocycles. The highest BCUT2D eigenvalue weighted by atomic mass is 16.3. The molecule has 0 radical (unpaired) electrons. The third kappa shape index (κ3) is 3.19. The summed E-state index contributed by atoms with van der Waals surface area (Å²) >= 11 is 0. The smallest absolute Gasteiger partial charge is 0.325 e. The van der Waals surface area contributed by atoms with E-state index in [9.17, 15) is 9.59 Å². The van der Waals surface area contributed by atoms with Gasteiger partial charge in [0, 0.05) is 18.7 Å². The van der Waals surface area contributed by atoms with Crippen LogP contribution in [0.4, 0.5) is 4.79 Å². The fraction of sp³-hybridized carbons (Fsp3) is 0.571. The van der Waals surface area contributed by atoms with Crippen molar-refractivity contribution in [3.05, 3.63) is 24.2 Å². The molecule has 0 saturated carbocycles. The largest absolute Gasteiger partial charge is 0.472 e. The van der Waals surface area contributed by atoms with Crippen molar-refractivity contribution in [1.29, 1.82) is 0 Å². The molecule has 1 fully saturated rings. The van der Waals surface area contributed by atoms with Gasteiger partial charge in [-0.15, -0.1) is 0 Å². The Balaban J connectivity index is 1.76. The highest BCUT2D eigenvalue weighted by molar-refractivity contribution is 6.06. The normalized spacial score (nSPS) is 17.9. The van der Waals surface area contributed by atoms with Crippen LogP contribution in [0.25, 0.3) is 0 Å². The Bertz CT molecular complexity index is 482. The SMILES string of the molecule is CN(CCCN1C(=O)NC(C)(C)C1=O)Cc1ccoc1. The quantitative estimate of drug-likeness (QED) is 0.800. The zero-order valence-electron chi connectivity index (χ0n) is 12.2. The van der Waals surface area contributed by atoms with Gasteiger partial charge < -0.3 is 14.6 Å². The van der Waals surface area contributed by atoms with Crippen LogP contribution in [-0.4, -0.2) is 47.4 Å². The molecule has 1 aliphatic rings. The predicted molar refractivity (Wildman–Crippen MR) is 74.0 cm³/mol. The van der Waals surface area contributed by atoms with E-state index >= 15 is 0 Å². The Labute approximate surface area is 118 Å². The second-order valence-corrected chi connectivity index (χ2v) is 5.73. The Morgan fingerprint density at radius 1 is 1.40 bits per heavy atom. The zero-order chi connectivity index (χ0) is 14.8. The number of imide groups is 1. The highest BCUT2D eigenvalue weighted by Crippen LogP contribution is 2.16. The first-order chi connectivity index (χ1) is 9.40. The van der Waals surface area contributed by atoms with Gasteiger partial charge in [-0.1, -0.05) is 0 Å². The first kappa shape index (κ1) is 14.6. The molecule has 0 atom stereocenters. The molecule has 2 heterocycles. The molecule has 6 heteroatoms. The molecule has 1 aromatic heterocycles. The maximum Gasteiger partial charge on any atom is 0.325 e. The Kier molecular flexibility index (Phi) is 4.13. The van der Waals surface area contributed by atoms with E-state index in [2.05, 4.69) is 10.2 Å². The summed E-state index contributed by atoms with van der Waals surface area (Å²) in [7, 11) is 2.00. The Morgan fingerprint density at radius 3 is 2.70 bits per heavy atom. The lowest BCUT2D eigenvalue weighted by molar-refractivity contribution is -0.130. The van der Waals surface area contributed by atoms with Crippen LogP contribution in [0.15, 0.2) is 23.0 Å². The van der Waals surface area contributed by atoms with E-state index in [4.69, 9.17) is 4.42 Å². The molecule has 0 unspecified atom stereocenters. The fourth-order valence-corrected chi connectivity index (χ4v) is 2.29. The van der Waals surface area contributed by atoms with Crippen molar-refractivity contribution < 1.29 is 14.0 Å². The van der Waals surface area contributed by atoms with Crippen LogP contribution in [0.5, 0.6) is 0 Å². The van der Waals surface area contributed by atoms with Crippen LogP contribution in [-0.2, 0) is 11.3 Å². The number of nitrogens with one attached hydrogen (secondary N) is 1. The first-order valence-corrected chi connectivity index (χ1v) is 6.74. The lowest BCUT2D eigenvalue weighted by Crippen LogP contribution is -2.40. The average molecular weight is 279 g/mol. The molecule has 3 amide bonds. The van der Waals surface area contributed by atoms with Crippen LogP contribution in [0.2, 0.25) is 0 Å². The molecular weight excluding hydrogens is 258 g/mol. The van der Waals surface area contributed by atoms with Crippen LogP contribution in [0.1, 0.15) is 25.8 Å². The maximum atomic E-state index is 12.0. The number of rotatable bonds is 6. The number of furan rings is 1. The molecule has 0 aliphatic carbocycles. The van der Waals surface area contributed by atoms with Gasteiger partial charge in [-0.05, 0) is 39.9 Å². The molecule has 1 aromatic rings. The summed E-state index contributed by atoms with van der Waals surface area (Å²) in [5, 5.41) is 2.68. The van der Waals surface area contributed by atoms with Gasteiger partial charge in [0.25, 0.3) is 5.91 Å². The summed E-state index contributed by atoms with van der Waals surface area (Å²) in [5.74, 6) is -0.153. The monoisotopic (exact) mass is 279 g/mol. The third-order valence-electron chi connectivity index (χ3n) is 3.40. The van der Waals surface area contributed by atoms with Crippen molar-refractivity contribution in [3.8, 4) is 0 Å². The molecular formula is C14H21N3O3. The lowest BCUT2D eigenvalue weighted by Gasteiger charge is -2.19. The number of carbonyl (C=O) groups is 2. The first-order valence-electron chi connectivity index (χ1n) is 6.74. The Morgan fingerprint density at radius 2 is 2.15 bits per heavy atom. The average Bonchev–Trinajstić information content (AvgIpc) is 2.91. The van der Waals surface area contributed by atoms with E-state index in [0.717, 1.165) is 25.1 Å². The molecule has 2 rings (SSSR count). The minimum absolute atomic E-state index is 0.153. The van der Waals surface area contributed by atoms with Crippen LogP contribution in [0.3, 0.4) is 0 Å². The second-order valence-electron chi connectivity index (χ2n) is 5.73. The van der Waals surface area contributed by atoms with Gasteiger partial charge in [0.2, 0.25) is 0 Å². The molecule has 20 heavy (non-hydrogen) atoms. The summed E-state index contributed by atoms with van der Waals surface area (Å²) in [6.45, 7) is 5.49. The highest BCUT2D eigenvalue weighted by Gasteiger charge is 2.43.